The summed E-state index contributed by atoms with van der Waals surface area (Å²) < 4.78 is 11.5. The number of esters is 1. The topological polar surface area (TPSA) is 83.0 Å². The monoisotopic (exact) mass is 264 g/mol. The molecule has 0 amide bonds. The molecule has 0 N–H and O–H groups in total. The molecule has 0 radical (unpaired) electrons. The average molecular weight is 264 g/mol. The van der Waals surface area contributed by atoms with Gasteiger partial charge < -0.3 is 9.15 Å². The maximum Gasteiger partial charge on any atom is 0.360 e. The molecule has 0 fully saturated rings. The van der Waals surface area contributed by atoms with E-state index in [4.69, 9.17) is 9.15 Å². The number of carbonyl (C=O) groups excluding carboxylic acids is 1. The van der Waals surface area contributed by atoms with Crippen LogP contribution >= 0.6 is 0 Å². The summed E-state index contributed by atoms with van der Waals surface area (Å²) in [5, 5.41) is 7.90. The van der Waals surface area contributed by atoms with Gasteiger partial charge in [-0.15, -0.1) is 5.10 Å². The standard InChI is InChI=1S/C12H16N4O3/c1-7(2)11-10(12(17)18-4)14-15-16(11)5-9-8(3)19-6-13-9/h6-7H,5H2,1-4H3. The molecule has 0 spiro atoms. The Bertz CT molecular complexity index is 586. The van der Waals surface area contributed by atoms with E-state index < -0.39 is 5.97 Å². The molecule has 0 saturated heterocycles. The summed E-state index contributed by atoms with van der Waals surface area (Å²) >= 11 is 0. The quantitative estimate of drug-likeness (QED) is 0.779. The van der Waals surface area contributed by atoms with Crippen molar-refractivity contribution in [3.8, 4) is 0 Å². The molecular formula is C12H16N4O3. The number of aromatic nitrogens is 4. The van der Waals surface area contributed by atoms with E-state index in [2.05, 4.69) is 15.3 Å². The molecule has 7 heteroatoms. The molecule has 19 heavy (non-hydrogen) atoms. The van der Waals surface area contributed by atoms with Crippen LogP contribution in [0.2, 0.25) is 0 Å². The van der Waals surface area contributed by atoms with Crippen LogP contribution in [0.3, 0.4) is 0 Å². The first kappa shape index (κ1) is 13.3. The number of hydrogen-bond donors (Lipinski definition) is 0. The van der Waals surface area contributed by atoms with Crippen LogP contribution in [0.25, 0.3) is 0 Å². The first-order chi connectivity index (χ1) is 9.04. The lowest BCUT2D eigenvalue weighted by Gasteiger charge is -2.09. The Hall–Kier alpha value is -2.18. The van der Waals surface area contributed by atoms with Crippen molar-refractivity contribution in [2.75, 3.05) is 7.11 Å². The van der Waals surface area contributed by atoms with E-state index in [1.54, 1.807) is 4.68 Å². The molecule has 0 unspecified atom stereocenters. The highest BCUT2D eigenvalue weighted by molar-refractivity contribution is 5.88. The third-order valence-corrected chi connectivity index (χ3v) is 2.84. The minimum Gasteiger partial charge on any atom is -0.464 e. The molecule has 2 heterocycles. The molecule has 0 atom stereocenters. The van der Waals surface area contributed by atoms with Crippen molar-refractivity contribution in [1.29, 1.82) is 0 Å². The molecule has 0 aliphatic rings. The van der Waals surface area contributed by atoms with Gasteiger partial charge in [-0.2, -0.15) is 0 Å². The maximum atomic E-state index is 11.6. The summed E-state index contributed by atoms with van der Waals surface area (Å²) in [6.07, 6.45) is 1.39. The Labute approximate surface area is 110 Å². The van der Waals surface area contributed by atoms with E-state index in [9.17, 15) is 4.79 Å². The van der Waals surface area contributed by atoms with E-state index in [0.29, 0.717) is 6.54 Å². The number of methoxy groups -OCH3 is 1. The summed E-state index contributed by atoms with van der Waals surface area (Å²) in [6.45, 7) is 6.18. The highest BCUT2D eigenvalue weighted by atomic mass is 16.5. The van der Waals surface area contributed by atoms with E-state index >= 15 is 0 Å². The van der Waals surface area contributed by atoms with Crippen molar-refractivity contribution in [3.63, 3.8) is 0 Å². The zero-order valence-electron chi connectivity index (χ0n) is 11.4. The summed E-state index contributed by atoms with van der Waals surface area (Å²) in [7, 11) is 1.33. The second-order valence-electron chi connectivity index (χ2n) is 4.48. The zero-order chi connectivity index (χ0) is 14.0. The lowest BCUT2D eigenvalue weighted by atomic mass is 10.1. The van der Waals surface area contributed by atoms with Crippen LogP contribution in [0.15, 0.2) is 10.8 Å². The third-order valence-electron chi connectivity index (χ3n) is 2.84. The Kier molecular flexibility index (Phi) is 3.64. The van der Waals surface area contributed by atoms with Gasteiger partial charge in [-0.05, 0) is 12.8 Å². The van der Waals surface area contributed by atoms with E-state index in [0.717, 1.165) is 17.1 Å². The van der Waals surface area contributed by atoms with Crippen molar-refractivity contribution in [2.24, 2.45) is 0 Å². The zero-order valence-corrected chi connectivity index (χ0v) is 11.4. The van der Waals surface area contributed by atoms with Crippen LogP contribution < -0.4 is 0 Å². The van der Waals surface area contributed by atoms with Gasteiger partial charge in [0, 0.05) is 0 Å². The minimum absolute atomic E-state index is 0.0938. The van der Waals surface area contributed by atoms with Gasteiger partial charge in [-0.3, -0.25) is 0 Å². The van der Waals surface area contributed by atoms with Crippen LogP contribution in [0.1, 0.15) is 47.4 Å². The SMILES string of the molecule is COC(=O)c1nnn(Cc2ncoc2C)c1C(C)C. The van der Waals surface area contributed by atoms with Crippen molar-refractivity contribution in [2.45, 2.75) is 33.2 Å². The van der Waals surface area contributed by atoms with Crippen molar-refractivity contribution < 1.29 is 13.9 Å². The van der Waals surface area contributed by atoms with Gasteiger partial charge >= 0.3 is 5.97 Å². The Morgan fingerprint density at radius 3 is 2.79 bits per heavy atom. The van der Waals surface area contributed by atoms with Gasteiger partial charge in [-0.25, -0.2) is 14.5 Å². The molecule has 0 aliphatic heterocycles. The number of rotatable bonds is 4. The third kappa shape index (κ3) is 2.49. The number of nitrogens with zero attached hydrogens (tertiary/aromatic N) is 4. The van der Waals surface area contributed by atoms with Crippen molar-refractivity contribution in [3.05, 3.63) is 29.2 Å². The Morgan fingerprint density at radius 2 is 2.26 bits per heavy atom. The van der Waals surface area contributed by atoms with Gasteiger partial charge in [0.25, 0.3) is 0 Å². The summed E-state index contributed by atoms with van der Waals surface area (Å²) in [6, 6.07) is 0. The Morgan fingerprint density at radius 1 is 1.53 bits per heavy atom. The molecule has 0 bridgehead atoms. The van der Waals surface area contributed by atoms with E-state index in [1.165, 1.54) is 13.5 Å². The first-order valence-corrected chi connectivity index (χ1v) is 5.95. The second-order valence-corrected chi connectivity index (χ2v) is 4.48. The highest BCUT2D eigenvalue weighted by Gasteiger charge is 2.23. The summed E-state index contributed by atoms with van der Waals surface area (Å²) in [5.74, 6) is 0.341. The largest absolute Gasteiger partial charge is 0.464 e. The number of oxazole rings is 1. The van der Waals surface area contributed by atoms with Crippen molar-refractivity contribution >= 4 is 5.97 Å². The smallest absolute Gasteiger partial charge is 0.360 e. The van der Waals surface area contributed by atoms with Gasteiger partial charge in [-0.1, -0.05) is 19.1 Å². The molecule has 7 nitrogen and oxygen atoms in total. The number of hydrogen-bond acceptors (Lipinski definition) is 6. The van der Waals surface area contributed by atoms with Gasteiger partial charge in [0.1, 0.15) is 11.5 Å². The maximum absolute atomic E-state index is 11.6. The van der Waals surface area contributed by atoms with Crippen LogP contribution in [-0.4, -0.2) is 33.1 Å². The lowest BCUT2D eigenvalue weighted by Crippen LogP contribution is -2.12. The van der Waals surface area contributed by atoms with Gasteiger partial charge in [0.2, 0.25) is 0 Å². The van der Waals surface area contributed by atoms with E-state index in [-0.39, 0.29) is 11.6 Å². The predicted octanol–water partition coefficient (Wildman–Crippen LogP) is 1.53. The predicted molar refractivity (Wildman–Crippen MR) is 65.8 cm³/mol. The molecule has 2 aromatic heterocycles. The molecule has 0 saturated carbocycles. The Balaban J connectivity index is 2.38. The fourth-order valence-electron chi connectivity index (χ4n) is 1.87. The average Bonchev–Trinajstić information content (AvgIpc) is 2.96. The van der Waals surface area contributed by atoms with Gasteiger partial charge in [0.05, 0.1) is 19.3 Å². The number of carbonyl (C=O) groups is 1. The molecule has 102 valence electrons. The molecule has 2 rings (SSSR count). The fraction of sp³-hybridized carbons (Fsp3) is 0.500. The summed E-state index contributed by atoms with van der Waals surface area (Å²) in [4.78, 5) is 15.8. The first-order valence-electron chi connectivity index (χ1n) is 5.95. The minimum atomic E-state index is -0.480. The van der Waals surface area contributed by atoms with Crippen molar-refractivity contribution in [1.82, 2.24) is 20.0 Å². The lowest BCUT2D eigenvalue weighted by molar-refractivity contribution is 0.0592. The van der Waals surface area contributed by atoms with Crippen LogP contribution in [0, 0.1) is 6.92 Å². The highest BCUT2D eigenvalue weighted by Crippen LogP contribution is 2.19. The second kappa shape index (κ2) is 5.21. The van der Waals surface area contributed by atoms with Gasteiger partial charge in [0.15, 0.2) is 12.1 Å². The van der Waals surface area contributed by atoms with Crippen LogP contribution in [-0.2, 0) is 11.3 Å². The van der Waals surface area contributed by atoms with Crippen LogP contribution in [0.4, 0.5) is 0 Å². The van der Waals surface area contributed by atoms with E-state index in [1.807, 2.05) is 20.8 Å². The summed E-state index contributed by atoms with van der Waals surface area (Å²) in [5.41, 5.74) is 1.75. The normalized spacial score (nSPS) is 11.0. The molecule has 0 aliphatic carbocycles. The van der Waals surface area contributed by atoms with Crippen LogP contribution in [0.5, 0.6) is 0 Å². The molecular weight excluding hydrogens is 248 g/mol. The molecule has 0 aromatic carbocycles. The number of ether oxygens (including phenoxy) is 1. The number of aryl methyl sites for hydroxylation is 1. The fourth-order valence-corrected chi connectivity index (χ4v) is 1.87. The molecule has 2 aromatic rings.